The van der Waals surface area contributed by atoms with E-state index in [9.17, 15) is 0 Å². The first-order valence-electron chi connectivity index (χ1n) is 6.94. The topological polar surface area (TPSA) is 64.9 Å². The van der Waals surface area contributed by atoms with E-state index in [4.69, 9.17) is 4.74 Å². The lowest BCUT2D eigenvalue weighted by Gasteiger charge is -2.10. The molecule has 0 aliphatic carbocycles. The number of nitrogens with zero attached hydrogens (tertiary/aromatic N) is 4. The van der Waals surface area contributed by atoms with Gasteiger partial charge in [0.1, 0.15) is 24.1 Å². The number of rotatable bonds is 7. The highest BCUT2D eigenvalue weighted by Gasteiger charge is 2.09. The summed E-state index contributed by atoms with van der Waals surface area (Å²) in [4.78, 5) is 13.3. The summed E-state index contributed by atoms with van der Waals surface area (Å²) >= 11 is 0. The van der Waals surface area contributed by atoms with E-state index >= 15 is 0 Å². The molecule has 0 aliphatic heterocycles. The molecule has 2 rings (SSSR count). The average Bonchev–Trinajstić information content (AvgIpc) is 2.93. The lowest BCUT2D eigenvalue weighted by atomic mass is 10.3. The van der Waals surface area contributed by atoms with Gasteiger partial charge in [-0.05, 0) is 13.3 Å². The van der Waals surface area contributed by atoms with Crippen molar-refractivity contribution < 1.29 is 4.74 Å². The maximum absolute atomic E-state index is 5.39. The van der Waals surface area contributed by atoms with Crippen molar-refractivity contribution in [2.45, 2.75) is 33.3 Å². The molecule has 0 radical (unpaired) electrons. The van der Waals surface area contributed by atoms with Crippen LogP contribution in [0.5, 0.6) is 0 Å². The fourth-order valence-electron chi connectivity index (χ4n) is 1.94. The number of hydrogen-bond donors (Lipinski definition) is 1. The van der Waals surface area contributed by atoms with Gasteiger partial charge < -0.3 is 10.1 Å². The van der Waals surface area contributed by atoms with Crippen LogP contribution in [0.1, 0.15) is 31.9 Å². The largest absolute Gasteiger partial charge is 0.374 e. The van der Waals surface area contributed by atoms with Crippen molar-refractivity contribution in [3.05, 3.63) is 30.1 Å². The normalized spacial score (nSPS) is 10.8. The Morgan fingerprint density at radius 1 is 1.30 bits per heavy atom. The molecule has 0 aromatic carbocycles. The Balaban J connectivity index is 2.36. The Kier molecular flexibility index (Phi) is 5.06. The maximum atomic E-state index is 5.39. The predicted molar refractivity (Wildman–Crippen MR) is 78.0 cm³/mol. The molecule has 20 heavy (non-hydrogen) atoms. The summed E-state index contributed by atoms with van der Waals surface area (Å²) in [7, 11) is 1.84. The number of ether oxygens (including phenoxy) is 1. The van der Waals surface area contributed by atoms with Crippen LogP contribution in [0.25, 0.3) is 5.82 Å². The molecule has 0 atom stereocenters. The van der Waals surface area contributed by atoms with Gasteiger partial charge in [-0.1, -0.05) is 6.92 Å². The molecule has 2 heterocycles. The first-order chi connectivity index (χ1) is 9.78. The van der Waals surface area contributed by atoms with Crippen molar-refractivity contribution in [3.8, 4) is 5.82 Å². The quantitative estimate of drug-likeness (QED) is 0.839. The van der Waals surface area contributed by atoms with Crippen LogP contribution in [0, 0.1) is 0 Å². The third-order valence-electron chi connectivity index (χ3n) is 2.89. The molecule has 0 bridgehead atoms. The molecule has 6 nitrogen and oxygen atoms in total. The van der Waals surface area contributed by atoms with Gasteiger partial charge in [-0.3, -0.25) is 4.57 Å². The van der Waals surface area contributed by atoms with Gasteiger partial charge in [0, 0.05) is 38.5 Å². The third kappa shape index (κ3) is 3.33. The molecule has 0 fully saturated rings. The minimum absolute atomic E-state index is 0.414. The monoisotopic (exact) mass is 275 g/mol. The Morgan fingerprint density at radius 3 is 2.85 bits per heavy atom. The zero-order chi connectivity index (χ0) is 14.4. The van der Waals surface area contributed by atoms with Gasteiger partial charge in [0.25, 0.3) is 0 Å². The van der Waals surface area contributed by atoms with E-state index in [0.29, 0.717) is 19.0 Å². The van der Waals surface area contributed by atoms with E-state index in [1.54, 1.807) is 6.20 Å². The van der Waals surface area contributed by atoms with E-state index in [2.05, 4.69) is 27.2 Å². The van der Waals surface area contributed by atoms with Gasteiger partial charge >= 0.3 is 0 Å². The van der Waals surface area contributed by atoms with Gasteiger partial charge in [-0.2, -0.15) is 0 Å². The first kappa shape index (κ1) is 14.5. The molecule has 0 unspecified atom stereocenters. The lowest BCUT2D eigenvalue weighted by molar-refractivity contribution is 0.128. The molecule has 0 aliphatic rings. The fourth-order valence-corrected chi connectivity index (χ4v) is 1.94. The molecule has 2 aromatic heterocycles. The van der Waals surface area contributed by atoms with Crippen molar-refractivity contribution in [1.29, 1.82) is 0 Å². The highest BCUT2D eigenvalue weighted by molar-refractivity contribution is 5.41. The van der Waals surface area contributed by atoms with Crippen LogP contribution in [-0.2, 0) is 17.8 Å². The summed E-state index contributed by atoms with van der Waals surface area (Å²) in [6, 6.07) is 1.91. The van der Waals surface area contributed by atoms with Crippen molar-refractivity contribution in [3.63, 3.8) is 0 Å². The summed E-state index contributed by atoms with van der Waals surface area (Å²) < 4.78 is 7.39. The van der Waals surface area contributed by atoms with Crippen LogP contribution in [0.15, 0.2) is 18.5 Å². The molecule has 2 aromatic rings. The molecule has 108 valence electrons. The van der Waals surface area contributed by atoms with E-state index in [1.165, 1.54) is 0 Å². The number of anilines is 1. The van der Waals surface area contributed by atoms with E-state index < -0.39 is 0 Å². The molecule has 0 saturated carbocycles. The zero-order valence-corrected chi connectivity index (χ0v) is 12.3. The van der Waals surface area contributed by atoms with Crippen LogP contribution in [0.3, 0.4) is 0 Å². The Hall–Kier alpha value is -1.95. The van der Waals surface area contributed by atoms with Gasteiger partial charge in [0.05, 0.1) is 0 Å². The fraction of sp³-hybridized carbons (Fsp3) is 0.500. The Labute approximate surface area is 119 Å². The van der Waals surface area contributed by atoms with Gasteiger partial charge in [0.15, 0.2) is 5.82 Å². The highest BCUT2D eigenvalue weighted by Crippen LogP contribution is 2.14. The summed E-state index contributed by atoms with van der Waals surface area (Å²) in [6.45, 7) is 5.15. The SMILES string of the molecule is CCCc1nccn1-c1cc(NC)nc(COCC)n1. The summed E-state index contributed by atoms with van der Waals surface area (Å²) in [5, 5.41) is 3.06. The van der Waals surface area contributed by atoms with Gasteiger partial charge in [0.2, 0.25) is 0 Å². The van der Waals surface area contributed by atoms with Crippen molar-refractivity contribution in [2.24, 2.45) is 0 Å². The molecular formula is C14H21N5O. The number of imidazole rings is 1. The standard InChI is InChI=1S/C14H21N5O/c1-4-6-13-16-7-8-19(13)14-9-11(15-3)17-12(18-14)10-20-5-2/h7-9H,4-6,10H2,1-3H3,(H,15,17,18). The molecule has 0 saturated heterocycles. The smallest absolute Gasteiger partial charge is 0.158 e. The maximum Gasteiger partial charge on any atom is 0.158 e. The molecule has 1 N–H and O–H groups in total. The minimum atomic E-state index is 0.414. The van der Waals surface area contributed by atoms with Crippen LogP contribution < -0.4 is 5.32 Å². The van der Waals surface area contributed by atoms with Crippen molar-refractivity contribution in [2.75, 3.05) is 19.0 Å². The summed E-state index contributed by atoms with van der Waals surface area (Å²) in [6.07, 6.45) is 5.70. The second-order valence-corrected chi connectivity index (χ2v) is 4.38. The average molecular weight is 275 g/mol. The second-order valence-electron chi connectivity index (χ2n) is 4.38. The minimum Gasteiger partial charge on any atom is -0.374 e. The molecular weight excluding hydrogens is 254 g/mol. The molecule has 6 heteroatoms. The van der Waals surface area contributed by atoms with Gasteiger partial charge in [-0.25, -0.2) is 15.0 Å². The summed E-state index contributed by atoms with van der Waals surface area (Å²) in [5.41, 5.74) is 0. The van der Waals surface area contributed by atoms with Crippen LogP contribution in [0.2, 0.25) is 0 Å². The van der Waals surface area contributed by atoms with Crippen LogP contribution >= 0.6 is 0 Å². The summed E-state index contributed by atoms with van der Waals surface area (Å²) in [5.74, 6) is 3.28. The van der Waals surface area contributed by atoms with Crippen molar-refractivity contribution >= 4 is 5.82 Å². The van der Waals surface area contributed by atoms with Gasteiger partial charge in [-0.15, -0.1) is 0 Å². The predicted octanol–water partition coefficient (Wildman–Crippen LogP) is 2.19. The van der Waals surface area contributed by atoms with E-state index in [1.807, 2.05) is 30.8 Å². The third-order valence-corrected chi connectivity index (χ3v) is 2.89. The lowest BCUT2D eigenvalue weighted by Crippen LogP contribution is -2.09. The second kappa shape index (κ2) is 7.00. The Morgan fingerprint density at radius 2 is 2.15 bits per heavy atom. The number of nitrogens with one attached hydrogen (secondary N) is 1. The van der Waals surface area contributed by atoms with Crippen LogP contribution in [-0.4, -0.2) is 33.2 Å². The first-order valence-corrected chi connectivity index (χ1v) is 6.94. The zero-order valence-electron chi connectivity index (χ0n) is 12.3. The van der Waals surface area contributed by atoms with Crippen molar-refractivity contribution in [1.82, 2.24) is 19.5 Å². The van der Waals surface area contributed by atoms with E-state index in [0.717, 1.165) is 30.3 Å². The number of aromatic nitrogens is 4. The number of hydrogen-bond acceptors (Lipinski definition) is 5. The highest BCUT2D eigenvalue weighted by atomic mass is 16.5. The van der Waals surface area contributed by atoms with E-state index in [-0.39, 0.29) is 0 Å². The van der Waals surface area contributed by atoms with Crippen LogP contribution in [0.4, 0.5) is 5.82 Å². The molecule has 0 amide bonds. The molecule has 0 spiro atoms. The Bertz CT molecular complexity index is 552. The number of aryl methyl sites for hydroxylation is 1.